The van der Waals surface area contributed by atoms with Crippen molar-refractivity contribution in [2.75, 3.05) is 0 Å². The molecule has 0 radical (unpaired) electrons. The zero-order valence-corrected chi connectivity index (χ0v) is 17.8. The first-order valence-corrected chi connectivity index (χ1v) is 10.7. The third-order valence-electron chi connectivity index (χ3n) is 5.12. The first-order chi connectivity index (χ1) is 14.7. The molecule has 0 spiro atoms. The van der Waals surface area contributed by atoms with Gasteiger partial charge in [0.05, 0.1) is 6.21 Å². The molecule has 0 saturated heterocycles. The summed E-state index contributed by atoms with van der Waals surface area (Å²) < 4.78 is 14.0. The largest absolute Gasteiger partial charge is 0.247 e. The van der Waals surface area contributed by atoms with Gasteiger partial charge in [-0.3, -0.25) is 0 Å². The standard InChI is InChI=1S/C27H29FN2/c1-3-10-26(28)19-21-15-17-24(18-16-21)27(23-12-6-5-7-13-23)30-29-20-25-14-9-8-11-22(25)4-2/h5-9,11-18,20,26H,3-4,10,19H2,1-2H3. The number of alkyl halides is 1. The second-order valence-electron chi connectivity index (χ2n) is 7.40. The SMILES string of the molecule is CCCC(F)Cc1ccc(C(=NN=Cc2ccccc2CC)c2ccccc2)cc1. The van der Waals surface area contributed by atoms with Crippen LogP contribution in [0.25, 0.3) is 0 Å². The predicted octanol–water partition coefficient (Wildman–Crippen LogP) is 6.80. The maximum absolute atomic E-state index is 14.0. The molecule has 1 unspecified atom stereocenters. The average Bonchev–Trinajstić information content (AvgIpc) is 2.78. The van der Waals surface area contributed by atoms with E-state index in [0.29, 0.717) is 12.8 Å². The van der Waals surface area contributed by atoms with Gasteiger partial charge in [0.1, 0.15) is 11.9 Å². The van der Waals surface area contributed by atoms with E-state index >= 15 is 0 Å². The topological polar surface area (TPSA) is 24.7 Å². The van der Waals surface area contributed by atoms with Crippen LogP contribution < -0.4 is 0 Å². The van der Waals surface area contributed by atoms with Gasteiger partial charge < -0.3 is 0 Å². The lowest BCUT2D eigenvalue weighted by atomic mass is 9.99. The molecule has 0 fully saturated rings. The molecule has 154 valence electrons. The zero-order valence-electron chi connectivity index (χ0n) is 17.8. The molecule has 0 aromatic heterocycles. The van der Waals surface area contributed by atoms with Crippen LogP contribution in [0.3, 0.4) is 0 Å². The molecule has 3 rings (SSSR count). The van der Waals surface area contributed by atoms with Crippen molar-refractivity contribution in [3.05, 3.63) is 107 Å². The number of benzene rings is 3. The summed E-state index contributed by atoms with van der Waals surface area (Å²) in [6.07, 6.45) is 3.90. The van der Waals surface area contributed by atoms with Gasteiger partial charge in [-0.05, 0) is 29.5 Å². The molecule has 0 bridgehead atoms. The lowest BCUT2D eigenvalue weighted by molar-refractivity contribution is 0.310. The Morgan fingerprint density at radius 1 is 0.867 bits per heavy atom. The van der Waals surface area contributed by atoms with Gasteiger partial charge in [0.25, 0.3) is 0 Å². The summed E-state index contributed by atoms with van der Waals surface area (Å²) in [4.78, 5) is 0. The fraction of sp³-hybridized carbons (Fsp3) is 0.259. The number of hydrogen-bond donors (Lipinski definition) is 0. The Balaban J connectivity index is 1.88. The van der Waals surface area contributed by atoms with E-state index in [9.17, 15) is 4.39 Å². The monoisotopic (exact) mass is 400 g/mol. The minimum Gasteiger partial charge on any atom is -0.247 e. The first kappa shape index (κ1) is 21.6. The summed E-state index contributed by atoms with van der Waals surface area (Å²) in [5, 5.41) is 8.97. The van der Waals surface area contributed by atoms with Gasteiger partial charge in [-0.25, -0.2) is 4.39 Å². The Morgan fingerprint density at radius 3 is 2.23 bits per heavy atom. The zero-order chi connectivity index (χ0) is 21.2. The molecule has 0 aliphatic heterocycles. The number of aryl methyl sites for hydroxylation is 1. The Hall–Kier alpha value is -3.07. The van der Waals surface area contributed by atoms with Crippen molar-refractivity contribution in [3.8, 4) is 0 Å². The summed E-state index contributed by atoms with van der Waals surface area (Å²) in [5.74, 6) is 0. The van der Waals surface area contributed by atoms with Crippen LogP contribution in [0.4, 0.5) is 4.39 Å². The van der Waals surface area contributed by atoms with Crippen molar-refractivity contribution in [2.24, 2.45) is 10.2 Å². The molecule has 3 aromatic carbocycles. The van der Waals surface area contributed by atoms with Gasteiger partial charge >= 0.3 is 0 Å². The van der Waals surface area contributed by atoms with Crippen LogP contribution in [0.15, 0.2) is 89.1 Å². The van der Waals surface area contributed by atoms with Crippen molar-refractivity contribution in [1.82, 2.24) is 0 Å². The normalized spacial score (nSPS) is 13.0. The molecule has 0 saturated carbocycles. The van der Waals surface area contributed by atoms with Crippen molar-refractivity contribution in [2.45, 2.75) is 45.7 Å². The third kappa shape index (κ3) is 5.96. The minimum absolute atomic E-state index is 0.456. The van der Waals surface area contributed by atoms with E-state index in [-0.39, 0.29) is 0 Å². The Kier molecular flexibility index (Phi) is 8.08. The van der Waals surface area contributed by atoms with Crippen LogP contribution in [0.5, 0.6) is 0 Å². The van der Waals surface area contributed by atoms with Crippen LogP contribution in [-0.4, -0.2) is 18.1 Å². The molecule has 1 atom stereocenters. The van der Waals surface area contributed by atoms with E-state index in [1.807, 2.05) is 79.9 Å². The van der Waals surface area contributed by atoms with Crippen LogP contribution in [0, 0.1) is 0 Å². The van der Waals surface area contributed by atoms with Crippen LogP contribution in [0.2, 0.25) is 0 Å². The van der Waals surface area contributed by atoms with Gasteiger partial charge in [-0.1, -0.05) is 99.1 Å². The van der Waals surface area contributed by atoms with E-state index in [1.165, 1.54) is 5.56 Å². The van der Waals surface area contributed by atoms with Crippen molar-refractivity contribution in [1.29, 1.82) is 0 Å². The van der Waals surface area contributed by atoms with E-state index in [1.54, 1.807) is 0 Å². The summed E-state index contributed by atoms with van der Waals surface area (Å²) >= 11 is 0. The summed E-state index contributed by atoms with van der Waals surface area (Å²) in [6, 6.07) is 26.3. The van der Waals surface area contributed by atoms with E-state index in [0.717, 1.165) is 40.8 Å². The first-order valence-electron chi connectivity index (χ1n) is 10.7. The Labute approximate surface area is 179 Å². The molecular weight excluding hydrogens is 371 g/mol. The number of nitrogens with zero attached hydrogens (tertiary/aromatic N) is 2. The molecular formula is C27H29FN2. The predicted molar refractivity (Wildman–Crippen MR) is 125 cm³/mol. The van der Waals surface area contributed by atoms with Crippen LogP contribution >= 0.6 is 0 Å². The summed E-state index contributed by atoms with van der Waals surface area (Å²) in [7, 11) is 0. The Morgan fingerprint density at radius 2 is 1.53 bits per heavy atom. The third-order valence-corrected chi connectivity index (χ3v) is 5.12. The highest BCUT2D eigenvalue weighted by Gasteiger charge is 2.10. The molecule has 3 heteroatoms. The highest BCUT2D eigenvalue weighted by Crippen LogP contribution is 2.16. The maximum atomic E-state index is 14.0. The molecule has 0 amide bonds. The fourth-order valence-corrected chi connectivity index (χ4v) is 3.48. The fourth-order valence-electron chi connectivity index (χ4n) is 3.48. The van der Waals surface area contributed by atoms with Crippen molar-refractivity contribution < 1.29 is 4.39 Å². The van der Waals surface area contributed by atoms with E-state index < -0.39 is 6.17 Å². The van der Waals surface area contributed by atoms with Crippen molar-refractivity contribution in [3.63, 3.8) is 0 Å². The highest BCUT2D eigenvalue weighted by molar-refractivity contribution is 6.13. The van der Waals surface area contributed by atoms with E-state index in [4.69, 9.17) is 0 Å². The summed E-state index contributed by atoms with van der Waals surface area (Å²) in [5.41, 5.74) is 6.11. The lowest BCUT2D eigenvalue weighted by Crippen LogP contribution is -2.06. The van der Waals surface area contributed by atoms with Gasteiger partial charge in [-0.2, -0.15) is 5.10 Å². The minimum atomic E-state index is -0.786. The summed E-state index contributed by atoms with van der Waals surface area (Å²) in [6.45, 7) is 4.15. The number of halogens is 1. The van der Waals surface area contributed by atoms with Gasteiger partial charge in [-0.15, -0.1) is 5.10 Å². The lowest BCUT2D eigenvalue weighted by Gasteiger charge is -2.09. The molecule has 0 aliphatic rings. The van der Waals surface area contributed by atoms with Gasteiger partial charge in [0.2, 0.25) is 0 Å². The Bertz CT molecular complexity index is 975. The molecule has 2 nitrogen and oxygen atoms in total. The maximum Gasteiger partial charge on any atom is 0.104 e. The molecule has 0 N–H and O–H groups in total. The highest BCUT2D eigenvalue weighted by atomic mass is 19.1. The van der Waals surface area contributed by atoms with Crippen LogP contribution in [-0.2, 0) is 12.8 Å². The van der Waals surface area contributed by atoms with Gasteiger partial charge in [0, 0.05) is 17.5 Å². The van der Waals surface area contributed by atoms with Gasteiger partial charge in [0.15, 0.2) is 0 Å². The second-order valence-corrected chi connectivity index (χ2v) is 7.40. The average molecular weight is 401 g/mol. The molecule has 30 heavy (non-hydrogen) atoms. The van der Waals surface area contributed by atoms with Crippen LogP contribution in [0.1, 0.15) is 54.5 Å². The van der Waals surface area contributed by atoms with E-state index in [2.05, 4.69) is 29.3 Å². The molecule has 0 heterocycles. The molecule has 0 aliphatic carbocycles. The smallest absolute Gasteiger partial charge is 0.104 e. The number of rotatable bonds is 9. The number of hydrogen-bond acceptors (Lipinski definition) is 2. The van der Waals surface area contributed by atoms with Crippen molar-refractivity contribution >= 4 is 11.9 Å². The quantitative estimate of drug-likeness (QED) is 0.279. The second kappa shape index (κ2) is 11.2. The molecule has 3 aromatic rings.